The fourth-order valence-corrected chi connectivity index (χ4v) is 3.44. The molecule has 0 aliphatic heterocycles. The number of rotatable bonds is 9. The summed E-state index contributed by atoms with van der Waals surface area (Å²) in [6, 6.07) is 7.04. The van der Waals surface area contributed by atoms with Crippen molar-refractivity contribution in [3.63, 3.8) is 0 Å². The van der Waals surface area contributed by atoms with Crippen LogP contribution in [0.15, 0.2) is 24.3 Å². The first-order valence-corrected chi connectivity index (χ1v) is 10.2. The number of carbonyl (C=O) groups is 1. The molecule has 0 bridgehead atoms. The van der Waals surface area contributed by atoms with Crippen LogP contribution in [0, 0.1) is 22.7 Å². The van der Waals surface area contributed by atoms with E-state index in [2.05, 4.69) is 46.9 Å². The van der Waals surface area contributed by atoms with Crippen LogP contribution in [0.1, 0.15) is 66.4 Å². The van der Waals surface area contributed by atoms with E-state index in [1.165, 1.54) is 0 Å². The quantitative estimate of drug-likeness (QED) is 0.594. The van der Waals surface area contributed by atoms with Gasteiger partial charge >= 0.3 is 0 Å². The van der Waals surface area contributed by atoms with Gasteiger partial charge in [0, 0.05) is 13.0 Å². The van der Waals surface area contributed by atoms with Crippen LogP contribution in [0.2, 0.25) is 0 Å². The van der Waals surface area contributed by atoms with E-state index in [0.29, 0.717) is 37.8 Å². The van der Waals surface area contributed by atoms with Gasteiger partial charge in [-0.3, -0.25) is 4.79 Å². The maximum Gasteiger partial charge on any atom is 0.220 e. The molecule has 0 aliphatic carbocycles. The van der Waals surface area contributed by atoms with Gasteiger partial charge in [0.2, 0.25) is 5.91 Å². The Morgan fingerprint density at radius 3 is 2.07 bits per heavy atom. The number of aromatic hydroxyl groups is 1. The monoisotopic (exact) mass is 376 g/mol. The maximum atomic E-state index is 12.3. The molecule has 4 heteroatoms. The van der Waals surface area contributed by atoms with Gasteiger partial charge in [-0.1, -0.05) is 53.7 Å². The van der Waals surface area contributed by atoms with Gasteiger partial charge < -0.3 is 16.2 Å². The van der Waals surface area contributed by atoms with E-state index in [-0.39, 0.29) is 22.5 Å². The molecule has 0 heterocycles. The summed E-state index contributed by atoms with van der Waals surface area (Å²) in [5, 5.41) is 12.5. The van der Waals surface area contributed by atoms with Crippen LogP contribution in [-0.4, -0.2) is 24.1 Å². The molecule has 0 saturated carbocycles. The minimum atomic E-state index is 0.0865. The third kappa shape index (κ3) is 8.79. The number of carbonyl (C=O) groups excluding carboxylic acids is 1. The van der Waals surface area contributed by atoms with Crippen molar-refractivity contribution in [3.8, 4) is 5.75 Å². The van der Waals surface area contributed by atoms with Gasteiger partial charge in [-0.05, 0) is 66.2 Å². The van der Waals surface area contributed by atoms with Gasteiger partial charge in [0.05, 0.1) is 0 Å². The first-order chi connectivity index (χ1) is 12.4. The van der Waals surface area contributed by atoms with Crippen molar-refractivity contribution in [2.75, 3.05) is 13.1 Å². The molecule has 0 aromatic heterocycles. The zero-order valence-electron chi connectivity index (χ0n) is 18.1. The van der Waals surface area contributed by atoms with E-state index >= 15 is 0 Å². The number of hydrogen-bond donors (Lipinski definition) is 3. The first kappa shape index (κ1) is 23.5. The largest absolute Gasteiger partial charge is 0.508 e. The first-order valence-electron chi connectivity index (χ1n) is 10.2. The third-order valence-electron chi connectivity index (χ3n) is 5.66. The molecule has 1 rings (SSSR count). The van der Waals surface area contributed by atoms with E-state index in [1.54, 1.807) is 12.1 Å². The third-order valence-corrected chi connectivity index (χ3v) is 5.66. The zero-order chi connectivity index (χ0) is 20.7. The summed E-state index contributed by atoms with van der Waals surface area (Å²) < 4.78 is 0. The van der Waals surface area contributed by atoms with Gasteiger partial charge in [0.25, 0.3) is 0 Å². The fourth-order valence-electron chi connectivity index (χ4n) is 3.44. The Labute approximate surface area is 165 Å². The molecule has 2 unspecified atom stereocenters. The molecule has 0 spiro atoms. The molecule has 1 aromatic carbocycles. The average Bonchev–Trinajstić information content (AvgIpc) is 2.55. The Kier molecular flexibility index (Phi) is 8.80. The highest BCUT2D eigenvalue weighted by molar-refractivity contribution is 5.76. The number of benzene rings is 1. The predicted octanol–water partition coefficient (Wildman–Crippen LogP) is 4.50. The molecule has 0 radical (unpaired) electrons. The minimum absolute atomic E-state index is 0.0865. The smallest absolute Gasteiger partial charge is 0.220 e. The highest BCUT2D eigenvalue weighted by atomic mass is 16.3. The summed E-state index contributed by atoms with van der Waals surface area (Å²) in [6.45, 7) is 15.0. The second kappa shape index (κ2) is 10.1. The molecule has 1 aromatic rings. The van der Waals surface area contributed by atoms with Crippen LogP contribution < -0.4 is 11.1 Å². The molecule has 0 saturated heterocycles. The van der Waals surface area contributed by atoms with E-state index in [0.717, 1.165) is 18.4 Å². The molecule has 0 aliphatic rings. The highest BCUT2D eigenvalue weighted by Crippen LogP contribution is 2.39. The SMILES string of the molecule is CC(C)(C)C(CCN)CC(CNC(=O)CCc1ccc(O)cc1)C(C)(C)C. The van der Waals surface area contributed by atoms with Gasteiger partial charge in [-0.25, -0.2) is 0 Å². The Hall–Kier alpha value is -1.55. The number of amides is 1. The lowest BCUT2D eigenvalue weighted by molar-refractivity contribution is -0.121. The number of phenols is 1. The Morgan fingerprint density at radius 2 is 1.59 bits per heavy atom. The molecule has 154 valence electrons. The molecule has 27 heavy (non-hydrogen) atoms. The van der Waals surface area contributed by atoms with Crippen molar-refractivity contribution >= 4 is 5.91 Å². The highest BCUT2D eigenvalue weighted by Gasteiger charge is 2.32. The Balaban J connectivity index is 2.61. The van der Waals surface area contributed by atoms with Crippen molar-refractivity contribution in [2.24, 2.45) is 28.4 Å². The van der Waals surface area contributed by atoms with Crippen LogP contribution in [0.3, 0.4) is 0 Å². The summed E-state index contributed by atoms with van der Waals surface area (Å²) in [7, 11) is 0. The number of nitrogens with two attached hydrogens (primary N) is 1. The van der Waals surface area contributed by atoms with Crippen LogP contribution in [0.5, 0.6) is 5.75 Å². The summed E-state index contributed by atoms with van der Waals surface area (Å²) in [5.41, 5.74) is 7.25. The van der Waals surface area contributed by atoms with Crippen LogP contribution in [-0.2, 0) is 11.2 Å². The number of nitrogens with one attached hydrogen (secondary N) is 1. The van der Waals surface area contributed by atoms with E-state index in [4.69, 9.17) is 5.73 Å². The van der Waals surface area contributed by atoms with E-state index in [1.807, 2.05) is 12.1 Å². The average molecular weight is 377 g/mol. The molecule has 2 atom stereocenters. The molecular formula is C23H40N2O2. The number of hydrogen-bond acceptors (Lipinski definition) is 3. The van der Waals surface area contributed by atoms with Crippen molar-refractivity contribution in [2.45, 2.75) is 67.2 Å². The lowest BCUT2D eigenvalue weighted by Gasteiger charge is -2.38. The van der Waals surface area contributed by atoms with Gasteiger partial charge in [0.15, 0.2) is 0 Å². The number of phenolic OH excluding ortho intramolecular Hbond substituents is 1. The summed E-state index contributed by atoms with van der Waals surface area (Å²) in [6.07, 6.45) is 3.24. The second-order valence-corrected chi connectivity index (χ2v) is 9.91. The molecule has 0 fully saturated rings. The van der Waals surface area contributed by atoms with Gasteiger partial charge in [-0.15, -0.1) is 0 Å². The van der Waals surface area contributed by atoms with Crippen molar-refractivity contribution in [1.29, 1.82) is 0 Å². The molecule has 4 N–H and O–H groups in total. The van der Waals surface area contributed by atoms with Gasteiger partial charge in [0.1, 0.15) is 5.75 Å². The lowest BCUT2D eigenvalue weighted by atomic mass is 9.68. The minimum Gasteiger partial charge on any atom is -0.508 e. The van der Waals surface area contributed by atoms with Crippen molar-refractivity contribution < 1.29 is 9.90 Å². The standard InChI is InChI=1S/C23H40N2O2/c1-22(2,3)18(13-14-24)15-19(23(4,5)6)16-25-21(27)12-9-17-7-10-20(26)11-8-17/h7-8,10-11,18-19,26H,9,12-16,24H2,1-6H3,(H,25,27). The lowest BCUT2D eigenvalue weighted by Crippen LogP contribution is -2.38. The normalized spacial score (nSPS) is 14.6. The van der Waals surface area contributed by atoms with Crippen molar-refractivity contribution in [3.05, 3.63) is 29.8 Å². The fraction of sp³-hybridized carbons (Fsp3) is 0.696. The van der Waals surface area contributed by atoms with Crippen LogP contribution >= 0.6 is 0 Å². The second-order valence-electron chi connectivity index (χ2n) is 9.91. The Morgan fingerprint density at radius 1 is 1.04 bits per heavy atom. The van der Waals surface area contributed by atoms with E-state index < -0.39 is 0 Å². The summed E-state index contributed by atoms with van der Waals surface area (Å²) >= 11 is 0. The zero-order valence-corrected chi connectivity index (χ0v) is 18.1. The van der Waals surface area contributed by atoms with E-state index in [9.17, 15) is 9.90 Å². The predicted molar refractivity (Wildman–Crippen MR) is 114 cm³/mol. The van der Waals surface area contributed by atoms with Crippen LogP contribution in [0.25, 0.3) is 0 Å². The van der Waals surface area contributed by atoms with Gasteiger partial charge in [-0.2, -0.15) is 0 Å². The topological polar surface area (TPSA) is 75.3 Å². The molecular weight excluding hydrogens is 336 g/mol. The Bertz CT molecular complexity index is 568. The molecule has 4 nitrogen and oxygen atoms in total. The summed E-state index contributed by atoms with van der Waals surface area (Å²) in [4.78, 5) is 12.3. The maximum absolute atomic E-state index is 12.3. The van der Waals surface area contributed by atoms with Crippen LogP contribution in [0.4, 0.5) is 0 Å². The number of aryl methyl sites for hydroxylation is 1. The van der Waals surface area contributed by atoms with Crippen molar-refractivity contribution in [1.82, 2.24) is 5.32 Å². The summed E-state index contributed by atoms with van der Waals surface area (Å²) in [5.74, 6) is 1.29. The molecule has 1 amide bonds.